The van der Waals surface area contributed by atoms with Gasteiger partial charge in [-0.15, -0.1) is 0 Å². The summed E-state index contributed by atoms with van der Waals surface area (Å²) in [6, 6.07) is 0. The van der Waals surface area contributed by atoms with Crippen molar-refractivity contribution in [2.45, 2.75) is 0 Å². The molecule has 0 amide bonds. The minimum Gasteiger partial charge on any atom is -0.266 e. The van der Waals surface area contributed by atoms with E-state index in [1.54, 1.807) is 0 Å². The van der Waals surface area contributed by atoms with E-state index in [0.717, 1.165) is 0 Å². The van der Waals surface area contributed by atoms with E-state index in [4.69, 9.17) is 0 Å². The number of H-pyrrole nitrogens is 1. The van der Waals surface area contributed by atoms with Gasteiger partial charge in [0.1, 0.15) is 31.6 Å². The van der Waals surface area contributed by atoms with Crippen LogP contribution in [0.25, 0.3) is 0 Å². The van der Waals surface area contributed by atoms with E-state index < -0.39 is 0 Å². The first-order valence-electron chi connectivity index (χ1n) is 2.84. The summed E-state index contributed by atoms with van der Waals surface area (Å²) in [5, 5.41) is 5.99. The number of aromatic amines is 1. The normalized spacial score (nSPS) is 8.00. The number of nitrogens with one attached hydrogen (secondary N) is 1. The lowest BCUT2D eigenvalue weighted by Crippen LogP contribution is -1.73. The fourth-order valence-electron chi connectivity index (χ4n) is 0.372. The second-order valence-corrected chi connectivity index (χ2v) is 1.45. The van der Waals surface area contributed by atoms with E-state index in [-0.39, 0.29) is 0 Å². The molecule has 0 fully saturated rings. The molecule has 0 spiro atoms. The van der Waals surface area contributed by atoms with E-state index in [2.05, 4.69) is 30.1 Å². The molecular weight excluding hydrogens is 144 g/mol. The summed E-state index contributed by atoms with van der Waals surface area (Å²) in [5.41, 5.74) is 0. The number of nitrogens with zero attached hydrogens (tertiary/aromatic N) is 5. The van der Waals surface area contributed by atoms with Crippen LogP contribution in [0.5, 0.6) is 0 Å². The zero-order valence-electron chi connectivity index (χ0n) is 5.62. The monoisotopic (exact) mass is 150 g/mol. The average Bonchev–Trinajstić information content (AvgIpc) is 2.64. The van der Waals surface area contributed by atoms with Crippen LogP contribution < -0.4 is 0 Å². The van der Waals surface area contributed by atoms with E-state index in [0.29, 0.717) is 0 Å². The highest BCUT2D eigenvalue weighted by atomic mass is 15.2. The maximum atomic E-state index is 3.56. The topological polar surface area (TPSA) is 80.2 Å². The maximum absolute atomic E-state index is 3.56. The van der Waals surface area contributed by atoms with Crippen LogP contribution in [0.3, 0.4) is 0 Å². The summed E-state index contributed by atoms with van der Waals surface area (Å²) in [7, 11) is 0. The number of aromatic nitrogens is 6. The second-order valence-electron chi connectivity index (χ2n) is 1.45. The fraction of sp³-hybridized carbons (Fsp3) is 0. The molecule has 0 unspecified atom stereocenters. The molecule has 0 atom stereocenters. The van der Waals surface area contributed by atoms with E-state index in [1.165, 1.54) is 31.6 Å². The molecule has 2 aromatic rings. The molecule has 2 rings (SSSR count). The molecular formula is C5H6N6. The van der Waals surface area contributed by atoms with Crippen molar-refractivity contribution in [3.63, 3.8) is 0 Å². The highest BCUT2D eigenvalue weighted by Gasteiger charge is 1.59. The SMILES string of the molecule is c1nc[nH]n1.c1ncncn1. The second kappa shape index (κ2) is 4.98. The van der Waals surface area contributed by atoms with Gasteiger partial charge in [0.15, 0.2) is 0 Å². The predicted octanol–water partition coefficient (Wildman–Crippen LogP) is -0.324. The molecule has 0 bridgehead atoms. The third-order valence-electron chi connectivity index (χ3n) is 0.731. The van der Waals surface area contributed by atoms with Crippen LogP contribution in [-0.2, 0) is 0 Å². The highest BCUT2D eigenvalue weighted by molar-refractivity contribution is 4.51. The molecule has 2 aromatic heterocycles. The van der Waals surface area contributed by atoms with Gasteiger partial charge in [-0.25, -0.2) is 19.9 Å². The molecule has 0 saturated heterocycles. The van der Waals surface area contributed by atoms with Crippen LogP contribution in [0.4, 0.5) is 0 Å². The first-order valence-corrected chi connectivity index (χ1v) is 2.84. The van der Waals surface area contributed by atoms with Crippen LogP contribution in [0.1, 0.15) is 0 Å². The molecule has 0 saturated carbocycles. The van der Waals surface area contributed by atoms with E-state index in [9.17, 15) is 0 Å². The first kappa shape index (κ1) is 7.26. The summed E-state index contributed by atoms with van der Waals surface area (Å²) in [6.45, 7) is 0. The van der Waals surface area contributed by atoms with Gasteiger partial charge in [0.05, 0.1) is 0 Å². The molecule has 0 aliphatic heterocycles. The Morgan fingerprint density at radius 2 is 1.36 bits per heavy atom. The third kappa shape index (κ3) is 3.68. The Morgan fingerprint density at radius 3 is 1.55 bits per heavy atom. The summed E-state index contributed by atoms with van der Waals surface area (Å²) >= 11 is 0. The Morgan fingerprint density at radius 1 is 0.727 bits per heavy atom. The molecule has 1 N–H and O–H groups in total. The smallest absolute Gasteiger partial charge is 0.137 e. The van der Waals surface area contributed by atoms with Crippen molar-refractivity contribution in [1.29, 1.82) is 0 Å². The van der Waals surface area contributed by atoms with Crippen molar-refractivity contribution in [3.8, 4) is 0 Å². The van der Waals surface area contributed by atoms with Crippen molar-refractivity contribution < 1.29 is 0 Å². The quantitative estimate of drug-likeness (QED) is 0.556. The molecule has 0 aliphatic rings. The molecule has 56 valence electrons. The lowest BCUT2D eigenvalue weighted by molar-refractivity contribution is 1.05. The summed E-state index contributed by atoms with van der Waals surface area (Å²) in [4.78, 5) is 14.2. The van der Waals surface area contributed by atoms with Gasteiger partial charge >= 0.3 is 0 Å². The summed E-state index contributed by atoms with van der Waals surface area (Å²) in [5.74, 6) is 0. The van der Waals surface area contributed by atoms with Crippen molar-refractivity contribution in [2.24, 2.45) is 0 Å². The minimum atomic E-state index is 1.44. The number of rotatable bonds is 0. The van der Waals surface area contributed by atoms with Gasteiger partial charge in [-0.2, -0.15) is 5.10 Å². The van der Waals surface area contributed by atoms with Crippen molar-refractivity contribution >= 4 is 0 Å². The summed E-state index contributed by atoms with van der Waals surface area (Å²) < 4.78 is 0. The van der Waals surface area contributed by atoms with Gasteiger partial charge in [-0.05, 0) is 0 Å². The molecule has 0 aliphatic carbocycles. The number of hydrogen-bond donors (Lipinski definition) is 1. The zero-order chi connectivity index (χ0) is 7.78. The van der Waals surface area contributed by atoms with Gasteiger partial charge in [-0.1, -0.05) is 0 Å². The molecule has 6 nitrogen and oxygen atoms in total. The van der Waals surface area contributed by atoms with Gasteiger partial charge < -0.3 is 0 Å². The van der Waals surface area contributed by atoms with E-state index >= 15 is 0 Å². The van der Waals surface area contributed by atoms with Gasteiger partial charge in [-0.3, -0.25) is 5.10 Å². The predicted molar refractivity (Wildman–Crippen MR) is 36.2 cm³/mol. The maximum Gasteiger partial charge on any atom is 0.137 e. The third-order valence-corrected chi connectivity index (χ3v) is 0.731. The van der Waals surface area contributed by atoms with Crippen LogP contribution in [0.2, 0.25) is 0 Å². The zero-order valence-corrected chi connectivity index (χ0v) is 5.62. The van der Waals surface area contributed by atoms with Crippen molar-refractivity contribution in [3.05, 3.63) is 31.6 Å². The summed E-state index contributed by atoms with van der Waals surface area (Å²) in [6.07, 6.45) is 7.27. The lowest BCUT2D eigenvalue weighted by Gasteiger charge is -1.69. The largest absolute Gasteiger partial charge is 0.266 e. The molecule has 6 heteroatoms. The molecule has 2 heterocycles. The van der Waals surface area contributed by atoms with Gasteiger partial charge in [0, 0.05) is 0 Å². The van der Waals surface area contributed by atoms with Crippen LogP contribution in [0, 0.1) is 0 Å². The Balaban J connectivity index is 0.000000112. The Hall–Kier alpha value is -1.85. The van der Waals surface area contributed by atoms with Crippen molar-refractivity contribution in [1.82, 2.24) is 30.1 Å². The Labute approximate surface area is 62.8 Å². The Kier molecular flexibility index (Phi) is 3.28. The molecule has 0 radical (unpaired) electrons. The minimum absolute atomic E-state index is 1.44. The fourth-order valence-corrected chi connectivity index (χ4v) is 0.372. The van der Waals surface area contributed by atoms with Crippen LogP contribution in [-0.4, -0.2) is 30.1 Å². The first-order chi connectivity index (χ1) is 5.50. The molecule has 11 heavy (non-hydrogen) atoms. The van der Waals surface area contributed by atoms with Crippen molar-refractivity contribution in [2.75, 3.05) is 0 Å². The highest BCUT2D eigenvalue weighted by Crippen LogP contribution is 1.57. The standard InChI is InChI=1S/C3H3N3.C2H3N3/c1-4-2-6-3-5-1;1-3-2-5-4-1/h1-3H;1-2H,(H,3,4,5). The number of hydrogen-bond acceptors (Lipinski definition) is 5. The lowest BCUT2D eigenvalue weighted by atomic mass is 11.1. The average molecular weight is 150 g/mol. The van der Waals surface area contributed by atoms with Crippen LogP contribution >= 0.6 is 0 Å². The Bertz CT molecular complexity index is 197. The van der Waals surface area contributed by atoms with Gasteiger partial charge in [0.25, 0.3) is 0 Å². The molecule has 0 aromatic carbocycles. The van der Waals surface area contributed by atoms with Gasteiger partial charge in [0.2, 0.25) is 0 Å². The van der Waals surface area contributed by atoms with Crippen LogP contribution in [0.15, 0.2) is 31.6 Å². The van der Waals surface area contributed by atoms with E-state index in [1.807, 2.05) is 0 Å².